The van der Waals surface area contributed by atoms with Crippen LogP contribution in [0.4, 0.5) is 0 Å². The highest BCUT2D eigenvalue weighted by Crippen LogP contribution is 2.29. The third kappa shape index (κ3) is 4.45. The molecule has 1 amide bonds. The van der Waals surface area contributed by atoms with Gasteiger partial charge in [-0.05, 0) is 41.2 Å². The molecule has 29 heavy (non-hydrogen) atoms. The number of carbonyl (C=O) groups is 1. The molecule has 2 aromatic carbocycles. The second kappa shape index (κ2) is 8.53. The number of amides is 1. The first-order valence-electron chi connectivity index (χ1n) is 10.3. The lowest BCUT2D eigenvalue weighted by Crippen LogP contribution is -2.48. The second-order valence-electron chi connectivity index (χ2n) is 8.34. The van der Waals surface area contributed by atoms with Crippen molar-refractivity contribution in [1.82, 2.24) is 15.8 Å². The van der Waals surface area contributed by atoms with Gasteiger partial charge in [0.25, 0.3) is 0 Å². The van der Waals surface area contributed by atoms with Crippen molar-refractivity contribution in [3.05, 3.63) is 65.2 Å². The average molecular weight is 396 g/mol. The van der Waals surface area contributed by atoms with Gasteiger partial charge >= 0.3 is 0 Å². The monoisotopic (exact) mass is 395 g/mol. The predicted octanol–water partition coefficient (Wildman–Crippen LogP) is 2.70. The van der Waals surface area contributed by atoms with Crippen molar-refractivity contribution in [2.45, 2.75) is 45.0 Å². The zero-order valence-corrected chi connectivity index (χ0v) is 17.0. The minimum atomic E-state index is -0.632. The Bertz CT molecular complexity index is 853. The number of rotatable bonds is 5. The molecule has 3 unspecified atom stereocenters. The molecule has 154 valence electrons. The van der Waals surface area contributed by atoms with Gasteiger partial charge in [0.15, 0.2) is 0 Å². The van der Waals surface area contributed by atoms with Gasteiger partial charge in [0, 0.05) is 12.6 Å². The van der Waals surface area contributed by atoms with Gasteiger partial charge in [-0.15, -0.1) is 0 Å². The Labute approximate surface area is 171 Å². The number of benzene rings is 2. The van der Waals surface area contributed by atoms with Crippen molar-refractivity contribution in [3.8, 4) is 5.75 Å². The first-order valence-corrected chi connectivity index (χ1v) is 10.3. The summed E-state index contributed by atoms with van der Waals surface area (Å²) in [6.45, 7) is 5.82. The van der Waals surface area contributed by atoms with Crippen LogP contribution >= 0.6 is 0 Å². The fourth-order valence-electron chi connectivity index (χ4n) is 3.96. The quantitative estimate of drug-likeness (QED) is 0.726. The molecule has 0 spiro atoms. The number of carbonyl (C=O) groups excluding carboxylic acids is 1. The van der Waals surface area contributed by atoms with Crippen LogP contribution in [-0.2, 0) is 11.3 Å². The summed E-state index contributed by atoms with van der Waals surface area (Å²) in [5.74, 6) is 1.37. The topological polar surface area (TPSA) is 73.8 Å². The van der Waals surface area contributed by atoms with Gasteiger partial charge in [-0.2, -0.15) is 0 Å². The van der Waals surface area contributed by atoms with E-state index in [0.29, 0.717) is 32.0 Å². The zero-order chi connectivity index (χ0) is 20.4. The molecule has 0 aromatic heterocycles. The van der Waals surface area contributed by atoms with Crippen LogP contribution in [0.25, 0.3) is 0 Å². The van der Waals surface area contributed by atoms with Crippen molar-refractivity contribution in [1.29, 1.82) is 0 Å². The van der Waals surface area contributed by atoms with Gasteiger partial charge in [0.1, 0.15) is 11.8 Å². The molecule has 0 radical (unpaired) electrons. The molecule has 3 atom stereocenters. The van der Waals surface area contributed by atoms with Crippen molar-refractivity contribution in [2.75, 3.05) is 13.2 Å². The van der Waals surface area contributed by atoms with E-state index in [1.54, 1.807) is 4.90 Å². The number of hydrazine groups is 1. The van der Waals surface area contributed by atoms with E-state index in [9.17, 15) is 9.90 Å². The van der Waals surface area contributed by atoms with Crippen LogP contribution in [0, 0.1) is 5.92 Å². The van der Waals surface area contributed by atoms with Gasteiger partial charge in [0.2, 0.25) is 5.91 Å². The summed E-state index contributed by atoms with van der Waals surface area (Å²) in [7, 11) is 0. The maximum Gasteiger partial charge on any atom is 0.241 e. The van der Waals surface area contributed by atoms with Crippen molar-refractivity contribution in [2.24, 2.45) is 5.92 Å². The van der Waals surface area contributed by atoms with E-state index in [2.05, 4.69) is 24.7 Å². The van der Waals surface area contributed by atoms with E-state index in [1.165, 1.54) is 0 Å². The third-order valence-corrected chi connectivity index (χ3v) is 5.55. The summed E-state index contributed by atoms with van der Waals surface area (Å²) in [5.41, 5.74) is 9.44. The van der Waals surface area contributed by atoms with E-state index in [1.807, 2.05) is 48.5 Å². The molecular formula is C23H29N3O3. The Hall–Kier alpha value is -2.41. The van der Waals surface area contributed by atoms with Gasteiger partial charge in [0.05, 0.1) is 19.3 Å². The molecule has 1 saturated heterocycles. The molecule has 2 aliphatic rings. The Morgan fingerprint density at radius 1 is 1.17 bits per heavy atom. The van der Waals surface area contributed by atoms with Crippen molar-refractivity contribution < 1.29 is 14.6 Å². The molecule has 0 bridgehead atoms. The van der Waals surface area contributed by atoms with Gasteiger partial charge in [-0.1, -0.05) is 50.2 Å². The minimum Gasteiger partial charge on any atom is -0.493 e. The fraction of sp³-hybridized carbons (Fsp3) is 0.435. The third-order valence-electron chi connectivity index (χ3n) is 5.55. The van der Waals surface area contributed by atoms with E-state index >= 15 is 0 Å². The Kier molecular flexibility index (Phi) is 5.85. The van der Waals surface area contributed by atoms with Crippen LogP contribution in [0.15, 0.2) is 48.5 Å². The largest absolute Gasteiger partial charge is 0.493 e. The maximum atomic E-state index is 13.0. The lowest BCUT2D eigenvalue weighted by atomic mass is 9.96. The summed E-state index contributed by atoms with van der Waals surface area (Å²) >= 11 is 0. The number of ether oxygens (including phenoxy) is 1. The van der Waals surface area contributed by atoms with Crippen LogP contribution in [0.3, 0.4) is 0 Å². The van der Waals surface area contributed by atoms with Crippen LogP contribution in [-0.4, -0.2) is 35.1 Å². The summed E-state index contributed by atoms with van der Waals surface area (Å²) in [6.07, 6.45) is 0.0339. The molecule has 1 fully saturated rings. The Balaban J connectivity index is 1.37. The first-order chi connectivity index (χ1) is 14.0. The first kappa shape index (κ1) is 19.9. The molecule has 6 nitrogen and oxygen atoms in total. The molecule has 6 heteroatoms. The Morgan fingerprint density at radius 3 is 2.69 bits per heavy atom. The minimum absolute atomic E-state index is 0.0189. The number of nitrogens with one attached hydrogen (secondary N) is 2. The van der Waals surface area contributed by atoms with Gasteiger partial charge in [-0.25, -0.2) is 10.9 Å². The molecule has 4 rings (SSSR count). The summed E-state index contributed by atoms with van der Waals surface area (Å²) in [4.78, 5) is 14.8. The zero-order valence-electron chi connectivity index (χ0n) is 17.0. The standard InChI is InChI=1S/C23H29N3O3/c1-15(2)14-29-18-9-7-16(8-10-18)20-11-21(25-24-20)23(28)26-12-17-5-3-4-6-19(17)22(27)13-26/h3-10,15,20-22,24-25,27H,11-14H2,1-2H3. The molecular weight excluding hydrogens is 366 g/mol. The highest BCUT2D eigenvalue weighted by Gasteiger charge is 2.35. The van der Waals surface area contributed by atoms with Crippen LogP contribution in [0.5, 0.6) is 5.75 Å². The number of fused-ring (bicyclic) bond motifs is 1. The molecule has 0 saturated carbocycles. The normalized spacial score (nSPS) is 23.9. The van der Waals surface area contributed by atoms with E-state index in [0.717, 1.165) is 22.4 Å². The van der Waals surface area contributed by atoms with Gasteiger partial charge < -0.3 is 14.7 Å². The number of aliphatic hydroxyl groups is 1. The number of β-amino-alcohol motifs (C(OH)–C–C–N with tert-alkyl or cyclic N) is 1. The average Bonchev–Trinajstić information content (AvgIpc) is 3.22. The fourth-order valence-corrected chi connectivity index (χ4v) is 3.96. The van der Waals surface area contributed by atoms with Gasteiger partial charge in [-0.3, -0.25) is 4.79 Å². The van der Waals surface area contributed by atoms with E-state index in [-0.39, 0.29) is 18.0 Å². The van der Waals surface area contributed by atoms with E-state index < -0.39 is 6.10 Å². The van der Waals surface area contributed by atoms with Crippen molar-refractivity contribution in [3.63, 3.8) is 0 Å². The SMILES string of the molecule is CC(C)COc1ccc(C2CC(C(=O)N3Cc4ccccc4C(O)C3)NN2)cc1. The Morgan fingerprint density at radius 2 is 1.93 bits per heavy atom. The van der Waals surface area contributed by atoms with E-state index in [4.69, 9.17) is 4.74 Å². The lowest BCUT2D eigenvalue weighted by molar-refractivity contribution is -0.136. The summed E-state index contributed by atoms with van der Waals surface area (Å²) < 4.78 is 5.74. The van der Waals surface area contributed by atoms with Crippen LogP contribution < -0.4 is 15.6 Å². The predicted molar refractivity (Wildman–Crippen MR) is 111 cm³/mol. The highest BCUT2D eigenvalue weighted by atomic mass is 16.5. The highest BCUT2D eigenvalue weighted by molar-refractivity contribution is 5.82. The number of hydrogen-bond donors (Lipinski definition) is 3. The second-order valence-corrected chi connectivity index (χ2v) is 8.34. The maximum absolute atomic E-state index is 13.0. The summed E-state index contributed by atoms with van der Waals surface area (Å²) in [5, 5.41) is 10.4. The number of hydrogen-bond acceptors (Lipinski definition) is 5. The lowest BCUT2D eigenvalue weighted by Gasteiger charge is -2.33. The van der Waals surface area contributed by atoms with Crippen molar-refractivity contribution >= 4 is 5.91 Å². The van der Waals surface area contributed by atoms with Crippen LogP contribution in [0.1, 0.15) is 49.1 Å². The molecule has 3 N–H and O–H groups in total. The molecule has 2 heterocycles. The molecule has 2 aromatic rings. The molecule has 0 aliphatic carbocycles. The number of aliphatic hydroxyl groups excluding tert-OH is 1. The summed E-state index contributed by atoms with van der Waals surface area (Å²) in [6, 6.07) is 15.6. The number of nitrogens with zero attached hydrogens (tertiary/aromatic N) is 1. The van der Waals surface area contributed by atoms with Crippen LogP contribution in [0.2, 0.25) is 0 Å². The smallest absolute Gasteiger partial charge is 0.241 e. The molecule has 2 aliphatic heterocycles.